The summed E-state index contributed by atoms with van der Waals surface area (Å²) in [6, 6.07) is 18.2. The van der Waals surface area contributed by atoms with Crippen molar-refractivity contribution in [3.05, 3.63) is 66.2 Å². The van der Waals surface area contributed by atoms with Crippen molar-refractivity contribution in [2.45, 2.75) is 43.7 Å². The SMILES string of the molecule is CC(C)C[C@H]1CN=C(N)N1C[C@H](Cc1ccccc1)NS(=O)(=O)c1ccccc1. The Bertz CT molecular complexity index is 914. The van der Waals surface area contributed by atoms with Gasteiger partial charge in [0.2, 0.25) is 10.0 Å². The van der Waals surface area contributed by atoms with E-state index in [1.165, 1.54) is 0 Å². The maximum Gasteiger partial charge on any atom is 0.240 e. The summed E-state index contributed by atoms with van der Waals surface area (Å²) in [6.07, 6.45) is 1.54. The van der Waals surface area contributed by atoms with Crippen LogP contribution >= 0.6 is 0 Å². The largest absolute Gasteiger partial charge is 0.370 e. The van der Waals surface area contributed by atoms with Gasteiger partial charge in [-0.05, 0) is 36.5 Å². The molecular formula is C22H30N4O2S. The van der Waals surface area contributed by atoms with Crippen molar-refractivity contribution in [2.24, 2.45) is 16.6 Å². The van der Waals surface area contributed by atoms with Crippen LogP contribution in [0.3, 0.4) is 0 Å². The van der Waals surface area contributed by atoms with E-state index in [1.807, 2.05) is 30.3 Å². The first-order chi connectivity index (χ1) is 13.8. The van der Waals surface area contributed by atoms with Gasteiger partial charge in [0, 0.05) is 12.6 Å². The van der Waals surface area contributed by atoms with Gasteiger partial charge in [0.1, 0.15) is 0 Å². The molecule has 7 heteroatoms. The molecule has 156 valence electrons. The molecule has 1 heterocycles. The van der Waals surface area contributed by atoms with E-state index in [0.29, 0.717) is 31.4 Å². The van der Waals surface area contributed by atoms with Crippen LogP contribution in [-0.2, 0) is 16.4 Å². The smallest absolute Gasteiger partial charge is 0.240 e. The highest BCUT2D eigenvalue weighted by Gasteiger charge is 2.30. The van der Waals surface area contributed by atoms with Crippen molar-refractivity contribution < 1.29 is 8.42 Å². The third-order valence-corrected chi connectivity index (χ3v) is 6.60. The van der Waals surface area contributed by atoms with Gasteiger partial charge in [-0.15, -0.1) is 0 Å². The third kappa shape index (κ3) is 5.81. The Morgan fingerprint density at radius 1 is 1.10 bits per heavy atom. The molecule has 6 nitrogen and oxygen atoms in total. The quantitative estimate of drug-likeness (QED) is 0.660. The van der Waals surface area contributed by atoms with Crippen LogP contribution in [0.1, 0.15) is 25.8 Å². The zero-order valence-electron chi connectivity index (χ0n) is 17.0. The molecule has 3 rings (SSSR count). The topological polar surface area (TPSA) is 87.8 Å². The summed E-state index contributed by atoms with van der Waals surface area (Å²) in [7, 11) is -3.64. The number of guanidine groups is 1. The van der Waals surface area contributed by atoms with E-state index >= 15 is 0 Å². The highest BCUT2D eigenvalue weighted by molar-refractivity contribution is 7.89. The molecule has 0 unspecified atom stereocenters. The van der Waals surface area contributed by atoms with Gasteiger partial charge in [-0.1, -0.05) is 62.4 Å². The summed E-state index contributed by atoms with van der Waals surface area (Å²) in [4.78, 5) is 6.73. The Labute approximate surface area is 173 Å². The molecule has 0 saturated carbocycles. The van der Waals surface area contributed by atoms with Gasteiger partial charge in [-0.2, -0.15) is 0 Å². The molecule has 0 amide bonds. The predicted octanol–water partition coefficient (Wildman–Crippen LogP) is 2.62. The van der Waals surface area contributed by atoms with E-state index < -0.39 is 10.0 Å². The van der Waals surface area contributed by atoms with Crippen LogP contribution in [0.4, 0.5) is 0 Å². The molecule has 1 aliphatic rings. The van der Waals surface area contributed by atoms with Gasteiger partial charge in [0.05, 0.1) is 17.5 Å². The van der Waals surface area contributed by atoms with Gasteiger partial charge in [-0.25, -0.2) is 13.1 Å². The molecule has 0 radical (unpaired) electrons. The average Bonchev–Trinajstić information content (AvgIpc) is 3.02. The van der Waals surface area contributed by atoms with Crippen molar-refractivity contribution in [3.8, 4) is 0 Å². The minimum atomic E-state index is -3.64. The van der Waals surface area contributed by atoms with Crippen molar-refractivity contribution in [1.82, 2.24) is 9.62 Å². The lowest BCUT2D eigenvalue weighted by atomic mass is 10.0. The molecule has 2 aromatic carbocycles. The average molecular weight is 415 g/mol. The Morgan fingerprint density at radius 2 is 1.72 bits per heavy atom. The Morgan fingerprint density at radius 3 is 2.34 bits per heavy atom. The third-order valence-electron chi connectivity index (χ3n) is 5.06. The molecular weight excluding hydrogens is 384 g/mol. The minimum Gasteiger partial charge on any atom is -0.370 e. The first-order valence-corrected chi connectivity index (χ1v) is 11.5. The highest BCUT2D eigenvalue weighted by atomic mass is 32.2. The van der Waals surface area contributed by atoms with Crippen LogP contribution in [-0.4, -0.2) is 44.5 Å². The fraction of sp³-hybridized carbons (Fsp3) is 0.409. The number of benzene rings is 2. The lowest BCUT2D eigenvalue weighted by Crippen LogP contribution is -2.51. The Kier molecular flexibility index (Phi) is 6.92. The number of aliphatic imine (C=N–C) groups is 1. The number of nitrogens with two attached hydrogens (primary N) is 1. The van der Waals surface area contributed by atoms with Crippen molar-refractivity contribution in [2.75, 3.05) is 13.1 Å². The van der Waals surface area contributed by atoms with E-state index in [4.69, 9.17) is 5.73 Å². The van der Waals surface area contributed by atoms with Gasteiger partial charge < -0.3 is 10.6 Å². The van der Waals surface area contributed by atoms with E-state index in [1.54, 1.807) is 30.3 Å². The summed E-state index contributed by atoms with van der Waals surface area (Å²) in [5.74, 6) is 1.00. The Balaban J connectivity index is 1.82. The maximum atomic E-state index is 13.0. The molecule has 2 aromatic rings. The van der Waals surface area contributed by atoms with Crippen LogP contribution in [0, 0.1) is 5.92 Å². The van der Waals surface area contributed by atoms with Crippen LogP contribution in [0.25, 0.3) is 0 Å². The second kappa shape index (κ2) is 9.41. The Hall–Kier alpha value is -2.38. The van der Waals surface area contributed by atoms with E-state index in [9.17, 15) is 8.42 Å². The highest BCUT2D eigenvalue weighted by Crippen LogP contribution is 2.19. The molecule has 0 bridgehead atoms. The number of rotatable bonds is 9. The minimum absolute atomic E-state index is 0.203. The molecule has 0 fully saturated rings. The number of nitrogens with zero attached hydrogens (tertiary/aromatic N) is 2. The van der Waals surface area contributed by atoms with Gasteiger partial charge in [0.15, 0.2) is 5.96 Å². The second-order valence-corrected chi connectivity index (χ2v) is 9.67. The number of hydrogen-bond donors (Lipinski definition) is 2. The van der Waals surface area contributed by atoms with E-state index in [-0.39, 0.29) is 17.0 Å². The molecule has 2 atom stereocenters. The lowest BCUT2D eigenvalue weighted by Gasteiger charge is -2.31. The van der Waals surface area contributed by atoms with Crippen molar-refractivity contribution in [1.29, 1.82) is 0 Å². The standard InChI is InChI=1S/C22H30N4O2S/c1-17(2)13-20-15-24-22(23)26(20)16-19(14-18-9-5-3-6-10-18)25-29(27,28)21-11-7-4-8-12-21/h3-12,17,19-20,25H,13-16H2,1-2H3,(H2,23,24)/t19-,20-/m0/s1. The van der Waals surface area contributed by atoms with Crippen LogP contribution in [0.2, 0.25) is 0 Å². The normalized spacial score (nSPS) is 18.1. The number of sulfonamides is 1. The van der Waals surface area contributed by atoms with Crippen molar-refractivity contribution in [3.63, 3.8) is 0 Å². The molecule has 0 aliphatic carbocycles. The van der Waals surface area contributed by atoms with E-state index in [0.717, 1.165) is 12.0 Å². The van der Waals surface area contributed by atoms with Crippen LogP contribution in [0.5, 0.6) is 0 Å². The maximum absolute atomic E-state index is 13.0. The van der Waals surface area contributed by atoms with Gasteiger partial charge in [0.25, 0.3) is 0 Å². The fourth-order valence-corrected chi connectivity index (χ4v) is 4.98. The first kappa shape index (κ1) is 21.3. The summed E-state index contributed by atoms with van der Waals surface area (Å²) in [5.41, 5.74) is 7.23. The summed E-state index contributed by atoms with van der Waals surface area (Å²) < 4.78 is 28.8. The number of hydrogen-bond acceptors (Lipinski definition) is 5. The lowest BCUT2D eigenvalue weighted by molar-refractivity contribution is 0.275. The molecule has 3 N–H and O–H groups in total. The summed E-state index contributed by atoms with van der Waals surface area (Å²) in [5, 5.41) is 0. The molecule has 29 heavy (non-hydrogen) atoms. The molecule has 0 saturated heterocycles. The zero-order valence-corrected chi connectivity index (χ0v) is 17.8. The van der Waals surface area contributed by atoms with Crippen molar-refractivity contribution >= 4 is 16.0 Å². The molecule has 0 spiro atoms. The first-order valence-electron chi connectivity index (χ1n) is 10.0. The molecule has 1 aliphatic heterocycles. The number of nitrogens with one attached hydrogen (secondary N) is 1. The van der Waals surface area contributed by atoms with Crippen LogP contribution in [0.15, 0.2) is 70.6 Å². The summed E-state index contributed by atoms with van der Waals surface area (Å²) in [6.45, 7) is 5.49. The van der Waals surface area contributed by atoms with Gasteiger partial charge in [-0.3, -0.25) is 4.99 Å². The van der Waals surface area contributed by atoms with Gasteiger partial charge >= 0.3 is 0 Å². The fourth-order valence-electron chi connectivity index (χ4n) is 3.73. The predicted molar refractivity (Wildman–Crippen MR) is 117 cm³/mol. The van der Waals surface area contributed by atoms with E-state index in [2.05, 4.69) is 28.5 Å². The summed E-state index contributed by atoms with van der Waals surface area (Å²) >= 11 is 0. The molecule has 0 aromatic heterocycles. The zero-order chi connectivity index (χ0) is 20.9. The second-order valence-electron chi connectivity index (χ2n) is 7.96. The van der Waals surface area contributed by atoms with Crippen LogP contribution < -0.4 is 10.5 Å². The monoisotopic (exact) mass is 414 g/mol.